The highest BCUT2D eigenvalue weighted by atomic mass is 16.6. The Bertz CT molecular complexity index is 958. The topological polar surface area (TPSA) is 118 Å². The minimum absolute atomic E-state index is 0.0763. The number of benzene rings is 2. The summed E-state index contributed by atoms with van der Waals surface area (Å²) in [7, 11) is 3.55. The van der Waals surface area contributed by atoms with Crippen LogP contribution >= 0.6 is 0 Å². The lowest BCUT2D eigenvalue weighted by Gasteiger charge is -2.28. The van der Waals surface area contributed by atoms with E-state index in [1.807, 2.05) is 30.3 Å². The molecule has 0 aliphatic heterocycles. The van der Waals surface area contributed by atoms with Crippen LogP contribution in [0.3, 0.4) is 0 Å². The normalized spacial score (nSPS) is 11.3. The number of ether oxygens (including phenoxy) is 5. The van der Waals surface area contributed by atoms with Crippen LogP contribution in [-0.2, 0) is 51.2 Å². The molecule has 1 atom stereocenters. The van der Waals surface area contributed by atoms with E-state index in [2.05, 4.69) is 4.74 Å². The molecule has 0 aliphatic carbocycles. The van der Waals surface area contributed by atoms with E-state index in [4.69, 9.17) is 18.9 Å². The maximum absolute atomic E-state index is 12.9. The maximum Gasteiger partial charge on any atom is 0.344 e. The molecule has 0 radical (unpaired) electrons. The standard InChI is InChI=1S/C25H29NO9/c1-31-22(27)14-26(15-23(28)32-2)21(25(30)35-17-24(29)33-3)13-18-9-11-20(12-10-18)34-16-19-7-5-4-6-8-19/h4-12,21H,13-17H2,1-3H3/t21-/m0/s1. The van der Waals surface area contributed by atoms with Gasteiger partial charge in [-0.25, -0.2) is 4.79 Å². The van der Waals surface area contributed by atoms with Crippen LogP contribution in [0.2, 0.25) is 0 Å². The van der Waals surface area contributed by atoms with Crippen molar-refractivity contribution in [1.29, 1.82) is 0 Å². The van der Waals surface area contributed by atoms with Crippen LogP contribution in [0.1, 0.15) is 11.1 Å². The van der Waals surface area contributed by atoms with Gasteiger partial charge in [-0.2, -0.15) is 0 Å². The Morgan fingerprint density at radius 2 is 1.31 bits per heavy atom. The number of nitrogens with zero attached hydrogens (tertiary/aromatic N) is 1. The Hall–Kier alpha value is -3.92. The van der Waals surface area contributed by atoms with Gasteiger partial charge in [0.2, 0.25) is 0 Å². The fraction of sp³-hybridized carbons (Fsp3) is 0.360. The van der Waals surface area contributed by atoms with Crippen molar-refractivity contribution in [1.82, 2.24) is 4.90 Å². The average molecular weight is 488 g/mol. The van der Waals surface area contributed by atoms with Gasteiger partial charge in [0.25, 0.3) is 0 Å². The van der Waals surface area contributed by atoms with Crippen molar-refractivity contribution < 1.29 is 42.9 Å². The fourth-order valence-corrected chi connectivity index (χ4v) is 3.07. The molecule has 0 N–H and O–H groups in total. The van der Waals surface area contributed by atoms with Crippen molar-refractivity contribution in [3.63, 3.8) is 0 Å². The lowest BCUT2D eigenvalue weighted by molar-refractivity contribution is -0.162. The molecule has 35 heavy (non-hydrogen) atoms. The van der Waals surface area contributed by atoms with E-state index < -0.39 is 36.5 Å². The van der Waals surface area contributed by atoms with Gasteiger partial charge in [-0.15, -0.1) is 0 Å². The van der Waals surface area contributed by atoms with Crippen molar-refractivity contribution >= 4 is 23.9 Å². The van der Waals surface area contributed by atoms with E-state index >= 15 is 0 Å². The molecule has 0 unspecified atom stereocenters. The van der Waals surface area contributed by atoms with Gasteiger partial charge >= 0.3 is 23.9 Å². The number of hydrogen-bond acceptors (Lipinski definition) is 10. The number of rotatable bonds is 13. The third-order valence-corrected chi connectivity index (χ3v) is 4.99. The molecule has 0 aromatic heterocycles. The number of methoxy groups -OCH3 is 3. The van der Waals surface area contributed by atoms with Crippen molar-refractivity contribution in [3.05, 3.63) is 65.7 Å². The minimum Gasteiger partial charge on any atom is -0.489 e. The Balaban J connectivity index is 2.18. The summed E-state index contributed by atoms with van der Waals surface area (Å²) in [5.41, 5.74) is 1.73. The molecule has 0 aliphatic rings. The Morgan fingerprint density at radius 1 is 0.743 bits per heavy atom. The summed E-state index contributed by atoms with van der Waals surface area (Å²) in [6.45, 7) is -0.958. The zero-order valence-corrected chi connectivity index (χ0v) is 19.9. The van der Waals surface area contributed by atoms with Crippen molar-refractivity contribution in [3.8, 4) is 5.75 Å². The summed E-state index contributed by atoms with van der Waals surface area (Å²) >= 11 is 0. The molecule has 10 heteroatoms. The summed E-state index contributed by atoms with van der Waals surface area (Å²) < 4.78 is 24.7. The van der Waals surface area contributed by atoms with E-state index in [1.165, 1.54) is 19.1 Å². The van der Waals surface area contributed by atoms with Crippen LogP contribution in [0.25, 0.3) is 0 Å². The Morgan fingerprint density at radius 3 is 1.86 bits per heavy atom. The van der Waals surface area contributed by atoms with E-state index in [0.717, 1.165) is 12.7 Å². The van der Waals surface area contributed by atoms with Crippen LogP contribution in [-0.4, -0.2) is 75.8 Å². The number of carbonyl (C=O) groups is 4. The van der Waals surface area contributed by atoms with Crippen LogP contribution < -0.4 is 4.74 Å². The van der Waals surface area contributed by atoms with Crippen LogP contribution in [0.4, 0.5) is 0 Å². The fourth-order valence-electron chi connectivity index (χ4n) is 3.07. The maximum atomic E-state index is 12.9. The second-order valence-electron chi connectivity index (χ2n) is 7.38. The van der Waals surface area contributed by atoms with Gasteiger partial charge in [0, 0.05) is 0 Å². The quantitative estimate of drug-likeness (QED) is 0.304. The summed E-state index contributed by atoms with van der Waals surface area (Å²) in [4.78, 5) is 49.5. The second kappa shape index (κ2) is 14.4. The summed E-state index contributed by atoms with van der Waals surface area (Å²) in [6.07, 6.45) is 0.0763. The molecule has 0 bridgehead atoms. The van der Waals surface area contributed by atoms with Gasteiger partial charge < -0.3 is 23.7 Å². The van der Waals surface area contributed by atoms with Gasteiger partial charge in [-0.05, 0) is 29.7 Å². The lowest BCUT2D eigenvalue weighted by atomic mass is 10.0. The Kier molecular flexibility index (Phi) is 11.2. The van der Waals surface area contributed by atoms with Gasteiger partial charge in [0.15, 0.2) is 6.61 Å². The first-order valence-corrected chi connectivity index (χ1v) is 10.7. The largest absolute Gasteiger partial charge is 0.489 e. The molecule has 0 heterocycles. The highest BCUT2D eigenvalue weighted by molar-refractivity contribution is 5.82. The monoisotopic (exact) mass is 487 g/mol. The van der Waals surface area contributed by atoms with Crippen LogP contribution in [0.5, 0.6) is 5.75 Å². The summed E-state index contributed by atoms with van der Waals surface area (Å²) in [5, 5.41) is 0. The van der Waals surface area contributed by atoms with Crippen molar-refractivity contribution in [2.45, 2.75) is 19.1 Å². The van der Waals surface area contributed by atoms with Crippen molar-refractivity contribution in [2.75, 3.05) is 41.0 Å². The molecule has 10 nitrogen and oxygen atoms in total. The third kappa shape index (κ3) is 9.46. The van der Waals surface area contributed by atoms with Crippen LogP contribution in [0.15, 0.2) is 54.6 Å². The first-order valence-electron chi connectivity index (χ1n) is 10.7. The predicted molar refractivity (Wildman–Crippen MR) is 123 cm³/mol. The molecule has 2 aromatic rings. The van der Waals surface area contributed by atoms with Gasteiger partial charge in [0.05, 0.1) is 34.4 Å². The van der Waals surface area contributed by atoms with Gasteiger partial charge in [-0.1, -0.05) is 42.5 Å². The minimum atomic E-state index is -1.09. The lowest BCUT2D eigenvalue weighted by Crippen LogP contribution is -2.49. The molecular weight excluding hydrogens is 458 g/mol. The third-order valence-electron chi connectivity index (χ3n) is 4.99. The van der Waals surface area contributed by atoms with E-state index in [1.54, 1.807) is 24.3 Å². The highest BCUT2D eigenvalue weighted by Gasteiger charge is 2.32. The second-order valence-corrected chi connectivity index (χ2v) is 7.38. The molecule has 0 saturated carbocycles. The predicted octanol–water partition coefficient (Wildman–Crippen LogP) is 1.54. The Labute approximate surface area is 203 Å². The van der Waals surface area contributed by atoms with Crippen molar-refractivity contribution in [2.24, 2.45) is 0 Å². The number of esters is 4. The van der Waals surface area contributed by atoms with Crippen LogP contribution in [0, 0.1) is 0 Å². The summed E-state index contributed by atoms with van der Waals surface area (Å²) in [6, 6.07) is 15.6. The smallest absolute Gasteiger partial charge is 0.344 e. The zero-order chi connectivity index (χ0) is 25.6. The molecule has 0 fully saturated rings. The zero-order valence-electron chi connectivity index (χ0n) is 19.9. The first-order chi connectivity index (χ1) is 16.9. The molecule has 0 amide bonds. The first kappa shape index (κ1) is 27.3. The van der Waals surface area contributed by atoms with E-state index in [9.17, 15) is 19.2 Å². The molecule has 0 saturated heterocycles. The highest BCUT2D eigenvalue weighted by Crippen LogP contribution is 2.18. The van der Waals surface area contributed by atoms with E-state index in [0.29, 0.717) is 17.9 Å². The SMILES string of the molecule is COC(=O)COC(=O)[C@H](Cc1ccc(OCc2ccccc2)cc1)N(CC(=O)OC)CC(=O)OC. The number of hydrogen-bond donors (Lipinski definition) is 0. The molecule has 188 valence electrons. The van der Waals surface area contributed by atoms with Gasteiger partial charge in [-0.3, -0.25) is 19.3 Å². The van der Waals surface area contributed by atoms with Gasteiger partial charge in [0.1, 0.15) is 18.4 Å². The molecule has 0 spiro atoms. The summed E-state index contributed by atoms with van der Waals surface area (Å²) in [5.74, 6) is -2.26. The van der Waals surface area contributed by atoms with E-state index in [-0.39, 0.29) is 19.5 Å². The molecular formula is C25H29NO9. The molecule has 2 aromatic carbocycles. The average Bonchev–Trinajstić information content (AvgIpc) is 2.89. The number of carbonyl (C=O) groups excluding carboxylic acids is 4. The molecule has 2 rings (SSSR count).